The Morgan fingerprint density at radius 3 is 2.42 bits per heavy atom. The van der Waals surface area contributed by atoms with Crippen LogP contribution in [0.5, 0.6) is 0 Å². The summed E-state index contributed by atoms with van der Waals surface area (Å²) in [5, 5.41) is 9.50. The molecule has 26 heavy (non-hydrogen) atoms. The molecule has 2 heterocycles. The van der Waals surface area contributed by atoms with Gasteiger partial charge in [0.15, 0.2) is 0 Å². The van der Waals surface area contributed by atoms with Crippen molar-refractivity contribution in [2.75, 3.05) is 5.32 Å². The van der Waals surface area contributed by atoms with E-state index in [1.54, 1.807) is 6.07 Å². The fourth-order valence-corrected chi connectivity index (χ4v) is 4.15. The van der Waals surface area contributed by atoms with Gasteiger partial charge in [-0.2, -0.15) is 0 Å². The van der Waals surface area contributed by atoms with Gasteiger partial charge in [0, 0.05) is 35.8 Å². The van der Waals surface area contributed by atoms with E-state index in [9.17, 15) is 9.59 Å². The third-order valence-corrected chi connectivity index (χ3v) is 5.22. The predicted molar refractivity (Wildman–Crippen MR) is 107 cm³/mol. The second-order valence-electron chi connectivity index (χ2n) is 7.89. The third-order valence-electron chi connectivity index (χ3n) is 5.22. The van der Waals surface area contributed by atoms with Crippen LogP contribution in [0.1, 0.15) is 61.9 Å². The van der Waals surface area contributed by atoms with Crippen LogP contribution >= 0.6 is 12.4 Å². The standard InChI is InChI=1S/C20H29N3O2.ClH/c1-12(2)21-20(25)18-7-6-15(8-13(18)3)23-19(24)11-14-9-16-4-5-17(10-14)22-16;/h6-8,12,14,16-17,22H,4-5,9-11H2,1-3H3,(H,21,25)(H,23,24);1H. The number of amides is 2. The summed E-state index contributed by atoms with van der Waals surface area (Å²) in [7, 11) is 0. The van der Waals surface area contributed by atoms with Gasteiger partial charge in [-0.05, 0) is 76.1 Å². The number of rotatable bonds is 5. The van der Waals surface area contributed by atoms with Crippen molar-refractivity contribution < 1.29 is 9.59 Å². The molecule has 2 aliphatic heterocycles. The molecule has 3 N–H and O–H groups in total. The van der Waals surface area contributed by atoms with Gasteiger partial charge < -0.3 is 16.0 Å². The summed E-state index contributed by atoms with van der Waals surface area (Å²) in [6.07, 6.45) is 5.31. The molecule has 144 valence electrons. The van der Waals surface area contributed by atoms with E-state index < -0.39 is 0 Å². The Labute approximate surface area is 162 Å². The Bertz CT molecular complexity index is 650. The van der Waals surface area contributed by atoms with Gasteiger partial charge >= 0.3 is 0 Å². The van der Waals surface area contributed by atoms with Crippen LogP contribution in [0.4, 0.5) is 5.69 Å². The molecule has 2 fully saturated rings. The smallest absolute Gasteiger partial charge is 0.251 e. The summed E-state index contributed by atoms with van der Waals surface area (Å²) in [5.74, 6) is 0.483. The number of anilines is 1. The molecule has 3 rings (SSSR count). The number of carbonyl (C=O) groups is 2. The number of aryl methyl sites for hydroxylation is 1. The normalized spacial score (nSPS) is 24.1. The topological polar surface area (TPSA) is 70.2 Å². The number of nitrogens with one attached hydrogen (secondary N) is 3. The van der Waals surface area contributed by atoms with Crippen LogP contribution < -0.4 is 16.0 Å². The maximum Gasteiger partial charge on any atom is 0.251 e. The Balaban J connectivity index is 0.00000243. The number of piperidine rings is 1. The number of hydrogen-bond donors (Lipinski definition) is 3. The van der Waals surface area contributed by atoms with E-state index in [2.05, 4.69) is 16.0 Å². The van der Waals surface area contributed by atoms with Crippen molar-refractivity contribution in [2.24, 2.45) is 5.92 Å². The van der Waals surface area contributed by atoms with E-state index in [-0.39, 0.29) is 30.3 Å². The Hall–Kier alpha value is -1.59. The number of hydrogen-bond acceptors (Lipinski definition) is 3. The zero-order chi connectivity index (χ0) is 18.0. The summed E-state index contributed by atoms with van der Waals surface area (Å²) in [6.45, 7) is 5.78. The van der Waals surface area contributed by atoms with Crippen molar-refractivity contribution in [3.63, 3.8) is 0 Å². The minimum absolute atomic E-state index is 0. The first-order valence-electron chi connectivity index (χ1n) is 9.38. The summed E-state index contributed by atoms with van der Waals surface area (Å²) in [6, 6.07) is 6.79. The molecule has 5 nitrogen and oxygen atoms in total. The van der Waals surface area contributed by atoms with Gasteiger partial charge in [-0.25, -0.2) is 0 Å². The SMILES string of the molecule is Cc1cc(NC(=O)CC2CC3CCC(C2)N3)ccc1C(=O)NC(C)C.Cl. The highest BCUT2D eigenvalue weighted by Crippen LogP contribution is 2.32. The Morgan fingerprint density at radius 1 is 1.19 bits per heavy atom. The quantitative estimate of drug-likeness (QED) is 0.734. The van der Waals surface area contributed by atoms with Gasteiger partial charge in [-0.3, -0.25) is 9.59 Å². The summed E-state index contributed by atoms with van der Waals surface area (Å²) in [4.78, 5) is 24.5. The van der Waals surface area contributed by atoms with Crippen molar-refractivity contribution in [1.29, 1.82) is 0 Å². The lowest BCUT2D eigenvalue weighted by Crippen LogP contribution is -2.39. The molecule has 2 aliphatic rings. The number of carbonyl (C=O) groups excluding carboxylic acids is 2. The van der Waals surface area contributed by atoms with Crippen molar-refractivity contribution in [1.82, 2.24) is 10.6 Å². The fourth-order valence-electron chi connectivity index (χ4n) is 4.15. The maximum atomic E-state index is 12.4. The minimum atomic E-state index is -0.0736. The predicted octanol–water partition coefficient (Wildman–Crippen LogP) is 3.41. The molecule has 2 atom stereocenters. The molecule has 6 heteroatoms. The molecule has 0 spiro atoms. The van der Waals surface area contributed by atoms with Crippen LogP contribution in [0.15, 0.2) is 18.2 Å². The van der Waals surface area contributed by atoms with E-state index in [1.807, 2.05) is 32.9 Å². The van der Waals surface area contributed by atoms with Crippen LogP contribution in [0.25, 0.3) is 0 Å². The highest BCUT2D eigenvalue weighted by molar-refractivity contribution is 5.97. The first kappa shape index (κ1) is 20.7. The summed E-state index contributed by atoms with van der Waals surface area (Å²) < 4.78 is 0. The average Bonchev–Trinajstić information content (AvgIpc) is 2.85. The summed E-state index contributed by atoms with van der Waals surface area (Å²) >= 11 is 0. The molecule has 0 aliphatic carbocycles. The summed E-state index contributed by atoms with van der Waals surface area (Å²) in [5.41, 5.74) is 2.29. The lowest BCUT2D eigenvalue weighted by atomic mass is 9.89. The van der Waals surface area contributed by atoms with E-state index in [1.165, 1.54) is 12.8 Å². The molecule has 1 aromatic carbocycles. The lowest BCUT2D eigenvalue weighted by Gasteiger charge is -2.28. The highest BCUT2D eigenvalue weighted by atomic mass is 35.5. The fraction of sp³-hybridized carbons (Fsp3) is 0.600. The van der Waals surface area contributed by atoms with Gasteiger partial charge in [-0.15, -0.1) is 12.4 Å². The number of fused-ring (bicyclic) bond motifs is 2. The number of halogens is 1. The van der Waals surface area contributed by atoms with Crippen LogP contribution in [-0.2, 0) is 4.79 Å². The van der Waals surface area contributed by atoms with Gasteiger partial charge in [0.25, 0.3) is 5.91 Å². The molecule has 0 aromatic heterocycles. The zero-order valence-electron chi connectivity index (χ0n) is 15.8. The lowest BCUT2D eigenvalue weighted by molar-refractivity contribution is -0.117. The van der Waals surface area contributed by atoms with Crippen LogP contribution in [-0.4, -0.2) is 29.9 Å². The van der Waals surface area contributed by atoms with Gasteiger partial charge in [-0.1, -0.05) is 0 Å². The molecule has 2 amide bonds. The molecular weight excluding hydrogens is 350 g/mol. The van der Waals surface area contributed by atoms with E-state index in [0.717, 1.165) is 24.1 Å². The van der Waals surface area contributed by atoms with E-state index >= 15 is 0 Å². The molecule has 0 saturated carbocycles. The Morgan fingerprint density at radius 2 is 1.85 bits per heavy atom. The largest absolute Gasteiger partial charge is 0.350 e. The van der Waals surface area contributed by atoms with Crippen LogP contribution in [0, 0.1) is 12.8 Å². The molecule has 1 aromatic rings. The van der Waals surface area contributed by atoms with Gasteiger partial charge in [0.05, 0.1) is 0 Å². The molecule has 2 saturated heterocycles. The molecule has 2 bridgehead atoms. The van der Waals surface area contributed by atoms with Crippen molar-refractivity contribution in [3.8, 4) is 0 Å². The van der Waals surface area contributed by atoms with E-state index in [0.29, 0.717) is 30.0 Å². The van der Waals surface area contributed by atoms with Gasteiger partial charge in [0.1, 0.15) is 0 Å². The maximum absolute atomic E-state index is 12.4. The van der Waals surface area contributed by atoms with Crippen molar-refractivity contribution in [3.05, 3.63) is 29.3 Å². The minimum Gasteiger partial charge on any atom is -0.350 e. The molecule has 2 unspecified atom stereocenters. The molecule has 0 radical (unpaired) electrons. The Kier molecular flexibility index (Phi) is 7.07. The monoisotopic (exact) mass is 379 g/mol. The molecular formula is C20H30ClN3O2. The van der Waals surface area contributed by atoms with Gasteiger partial charge in [0.2, 0.25) is 5.91 Å². The van der Waals surface area contributed by atoms with Crippen molar-refractivity contribution >= 4 is 29.9 Å². The second-order valence-corrected chi connectivity index (χ2v) is 7.89. The van der Waals surface area contributed by atoms with Crippen molar-refractivity contribution in [2.45, 2.75) is 71.0 Å². The first-order chi connectivity index (χ1) is 11.9. The third kappa shape index (κ3) is 5.21. The highest BCUT2D eigenvalue weighted by Gasteiger charge is 2.34. The second kappa shape index (κ2) is 8.87. The van der Waals surface area contributed by atoms with E-state index in [4.69, 9.17) is 0 Å². The zero-order valence-corrected chi connectivity index (χ0v) is 16.6. The number of benzene rings is 1. The van der Waals surface area contributed by atoms with Crippen LogP contribution in [0.3, 0.4) is 0 Å². The van der Waals surface area contributed by atoms with Crippen LogP contribution in [0.2, 0.25) is 0 Å². The first-order valence-corrected chi connectivity index (χ1v) is 9.38. The average molecular weight is 380 g/mol.